The van der Waals surface area contributed by atoms with Crippen molar-refractivity contribution < 1.29 is 42.9 Å². The van der Waals surface area contributed by atoms with Crippen LogP contribution in [0, 0.1) is 0 Å². The molecule has 0 amide bonds. The van der Waals surface area contributed by atoms with Crippen molar-refractivity contribution in [3.05, 3.63) is 48.1 Å². The van der Waals surface area contributed by atoms with Gasteiger partial charge in [-0.25, -0.2) is 0 Å². The lowest BCUT2D eigenvalue weighted by atomic mass is 9.91. The first-order valence-corrected chi connectivity index (χ1v) is 11.9. The minimum absolute atomic E-state index is 0.0412. The fraction of sp³-hybridized carbons (Fsp3) is 0.519. The molecule has 0 N–H and O–H groups in total. The minimum atomic E-state index is -1.34. The Kier molecular flexibility index (Phi) is 13.1. The fourth-order valence-electron chi connectivity index (χ4n) is 3.64. The third kappa shape index (κ3) is 10.8. The molecule has 1 rings (SSSR count). The van der Waals surface area contributed by atoms with Crippen LogP contribution in [0.1, 0.15) is 66.2 Å². The largest absolute Gasteiger partial charge is 0.469 e. The first kappa shape index (κ1) is 30.5. The summed E-state index contributed by atoms with van der Waals surface area (Å²) in [6.45, 7) is 5.88. The van der Waals surface area contributed by atoms with Gasteiger partial charge >= 0.3 is 23.9 Å². The summed E-state index contributed by atoms with van der Waals surface area (Å²) in [5, 5.41) is 0. The standard InChI is InChI=1S/C27H36O9/c1-6-7-10-22(34-19(2)28)12-9-17-27(36-21(4)30)18-16-25(31)24(27)13-8-11-23(35-20(3)29)14-15-26(32)33-5/h8-9,11-13,16,18,22-23H,6-7,10,14-15,17H2,1-5H3/b11-8+,12-9-,24-13-/t22-,23+,27+/m1/s1. The van der Waals surface area contributed by atoms with E-state index in [2.05, 4.69) is 4.74 Å². The van der Waals surface area contributed by atoms with Crippen molar-refractivity contribution in [1.82, 2.24) is 0 Å². The molecule has 0 aliphatic heterocycles. The van der Waals surface area contributed by atoms with Crippen LogP contribution in [0.4, 0.5) is 0 Å². The van der Waals surface area contributed by atoms with Gasteiger partial charge in [0.2, 0.25) is 0 Å². The van der Waals surface area contributed by atoms with Crippen molar-refractivity contribution in [2.75, 3.05) is 7.11 Å². The van der Waals surface area contributed by atoms with Gasteiger partial charge in [-0.1, -0.05) is 31.6 Å². The summed E-state index contributed by atoms with van der Waals surface area (Å²) in [5.74, 6) is -2.27. The second-order valence-electron chi connectivity index (χ2n) is 8.33. The average molecular weight is 505 g/mol. The molecule has 0 fully saturated rings. The molecule has 0 aromatic heterocycles. The van der Waals surface area contributed by atoms with Crippen molar-refractivity contribution in [3.8, 4) is 0 Å². The zero-order valence-electron chi connectivity index (χ0n) is 21.6. The van der Waals surface area contributed by atoms with Gasteiger partial charge in [0.1, 0.15) is 12.2 Å². The van der Waals surface area contributed by atoms with Crippen molar-refractivity contribution in [2.45, 2.75) is 84.0 Å². The number of unbranched alkanes of at least 4 members (excludes halogenated alkanes) is 1. The van der Waals surface area contributed by atoms with Crippen LogP contribution >= 0.6 is 0 Å². The monoisotopic (exact) mass is 504 g/mol. The van der Waals surface area contributed by atoms with Crippen LogP contribution in [0.5, 0.6) is 0 Å². The van der Waals surface area contributed by atoms with Gasteiger partial charge < -0.3 is 18.9 Å². The fourth-order valence-corrected chi connectivity index (χ4v) is 3.64. The molecule has 198 valence electrons. The number of hydrogen-bond acceptors (Lipinski definition) is 9. The first-order chi connectivity index (χ1) is 17.0. The summed E-state index contributed by atoms with van der Waals surface area (Å²) in [7, 11) is 1.27. The van der Waals surface area contributed by atoms with Gasteiger partial charge in [-0.05, 0) is 43.6 Å². The molecule has 9 heteroatoms. The normalized spacial score (nSPS) is 20.0. The molecule has 0 saturated heterocycles. The summed E-state index contributed by atoms with van der Waals surface area (Å²) < 4.78 is 20.7. The number of rotatable bonds is 14. The molecule has 1 aliphatic carbocycles. The van der Waals surface area contributed by atoms with E-state index < -0.39 is 41.7 Å². The molecule has 0 unspecified atom stereocenters. The molecule has 0 spiro atoms. The zero-order valence-corrected chi connectivity index (χ0v) is 21.6. The number of carbonyl (C=O) groups excluding carboxylic acids is 5. The third-order valence-corrected chi connectivity index (χ3v) is 5.25. The van der Waals surface area contributed by atoms with E-state index in [1.54, 1.807) is 18.2 Å². The summed E-state index contributed by atoms with van der Waals surface area (Å²) in [6.07, 6.45) is 12.6. The highest BCUT2D eigenvalue weighted by Crippen LogP contribution is 2.35. The van der Waals surface area contributed by atoms with E-state index in [9.17, 15) is 24.0 Å². The number of hydrogen-bond donors (Lipinski definition) is 0. The molecular weight excluding hydrogens is 468 g/mol. The zero-order chi connectivity index (χ0) is 27.1. The Morgan fingerprint density at radius 1 is 0.972 bits per heavy atom. The van der Waals surface area contributed by atoms with Crippen LogP contribution in [0.3, 0.4) is 0 Å². The SMILES string of the molecule is CCCC[C@H](/C=C\C[C@]1(OC(C)=O)C=CC(=O)/C1=C/C=C/[C@@H](CCC(=O)OC)OC(C)=O)OC(C)=O. The Bertz CT molecular complexity index is 926. The third-order valence-electron chi connectivity index (χ3n) is 5.25. The average Bonchev–Trinajstić information content (AvgIpc) is 3.09. The van der Waals surface area contributed by atoms with Crippen molar-refractivity contribution in [1.29, 1.82) is 0 Å². The number of ketones is 1. The van der Waals surface area contributed by atoms with Crippen LogP contribution < -0.4 is 0 Å². The number of methoxy groups -OCH3 is 1. The topological polar surface area (TPSA) is 122 Å². The Morgan fingerprint density at radius 3 is 2.17 bits per heavy atom. The summed E-state index contributed by atoms with van der Waals surface area (Å²) in [6, 6.07) is 0. The Balaban J connectivity index is 3.16. The van der Waals surface area contributed by atoms with E-state index in [4.69, 9.17) is 14.2 Å². The Hall–Kier alpha value is -3.49. The molecule has 3 atom stereocenters. The minimum Gasteiger partial charge on any atom is -0.469 e. The summed E-state index contributed by atoms with van der Waals surface area (Å²) >= 11 is 0. The number of ether oxygens (including phenoxy) is 4. The molecule has 0 aromatic carbocycles. The smallest absolute Gasteiger partial charge is 0.305 e. The molecule has 0 heterocycles. The lowest BCUT2D eigenvalue weighted by Crippen LogP contribution is -2.33. The van der Waals surface area contributed by atoms with E-state index >= 15 is 0 Å². The predicted molar refractivity (Wildman–Crippen MR) is 132 cm³/mol. The van der Waals surface area contributed by atoms with E-state index in [-0.39, 0.29) is 30.6 Å². The van der Waals surface area contributed by atoms with Crippen LogP contribution in [-0.2, 0) is 42.9 Å². The molecule has 9 nitrogen and oxygen atoms in total. The van der Waals surface area contributed by atoms with Gasteiger partial charge in [0.05, 0.1) is 7.11 Å². The maximum absolute atomic E-state index is 12.6. The van der Waals surface area contributed by atoms with Gasteiger partial charge in [0.15, 0.2) is 11.4 Å². The van der Waals surface area contributed by atoms with E-state index in [0.29, 0.717) is 6.42 Å². The molecule has 0 saturated carbocycles. The highest BCUT2D eigenvalue weighted by Gasteiger charge is 2.41. The van der Waals surface area contributed by atoms with Gasteiger partial charge in [-0.15, -0.1) is 0 Å². The quantitative estimate of drug-likeness (QED) is 0.150. The first-order valence-electron chi connectivity index (χ1n) is 11.9. The predicted octanol–water partition coefficient (Wildman–Crippen LogP) is 3.86. The van der Waals surface area contributed by atoms with Crippen LogP contribution in [0.25, 0.3) is 0 Å². The van der Waals surface area contributed by atoms with Crippen LogP contribution in [-0.4, -0.2) is 54.6 Å². The highest BCUT2D eigenvalue weighted by atomic mass is 16.6. The van der Waals surface area contributed by atoms with Crippen molar-refractivity contribution >= 4 is 29.7 Å². The second-order valence-corrected chi connectivity index (χ2v) is 8.33. The summed E-state index contributed by atoms with van der Waals surface area (Å²) in [4.78, 5) is 58.9. The lowest BCUT2D eigenvalue weighted by molar-refractivity contribution is -0.149. The molecule has 0 bridgehead atoms. The highest BCUT2D eigenvalue weighted by molar-refractivity contribution is 6.09. The molecular formula is C27H36O9. The maximum Gasteiger partial charge on any atom is 0.305 e. The van der Waals surface area contributed by atoms with E-state index in [0.717, 1.165) is 12.8 Å². The molecule has 1 aliphatic rings. The maximum atomic E-state index is 12.6. The molecule has 0 aromatic rings. The van der Waals surface area contributed by atoms with Gasteiger partial charge in [0, 0.05) is 39.2 Å². The van der Waals surface area contributed by atoms with Gasteiger partial charge in [-0.2, -0.15) is 0 Å². The number of esters is 4. The van der Waals surface area contributed by atoms with Crippen LogP contribution in [0.2, 0.25) is 0 Å². The Labute approximate surface area is 212 Å². The Morgan fingerprint density at radius 2 is 1.61 bits per heavy atom. The van der Waals surface area contributed by atoms with E-state index in [1.807, 2.05) is 6.92 Å². The summed E-state index contributed by atoms with van der Waals surface area (Å²) in [5.41, 5.74) is -1.12. The molecule has 0 radical (unpaired) electrons. The molecule has 36 heavy (non-hydrogen) atoms. The lowest BCUT2D eigenvalue weighted by Gasteiger charge is -2.27. The van der Waals surface area contributed by atoms with Crippen LogP contribution in [0.15, 0.2) is 48.1 Å². The number of carbonyl (C=O) groups is 5. The van der Waals surface area contributed by atoms with Gasteiger partial charge in [-0.3, -0.25) is 24.0 Å². The second kappa shape index (κ2) is 15.5. The van der Waals surface area contributed by atoms with Crippen molar-refractivity contribution in [3.63, 3.8) is 0 Å². The van der Waals surface area contributed by atoms with E-state index in [1.165, 1.54) is 52.2 Å². The van der Waals surface area contributed by atoms with Crippen molar-refractivity contribution in [2.24, 2.45) is 0 Å². The van der Waals surface area contributed by atoms with Gasteiger partial charge in [0.25, 0.3) is 0 Å². The number of allylic oxidation sites excluding steroid dienone is 3.